The highest BCUT2D eigenvalue weighted by atomic mass is 35.5. The molecule has 1 aromatic rings. The molecule has 0 radical (unpaired) electrons. The van der Waals surface area contributed by atoms with Crippen LogP contribution in [-0.4, -0.2) is 43.7 Å². The summed E-state index contributed by atoms with van der Waals surface area (Å²) in [7, 11) is 0. The van der Waals surface area contributed by atoms with E-state index in [0.29, 0.717) is 44.2 Å². The molecule has 27 heavy (non-hydrogen) atoms. The fraction of sp³-hybridized carbons (Fsp3) is 0.579. The van der Waals surface area contributed by atoms with Crippen molar-refractivity contribution in [1.82, 2.24) is 5.32 Å². The highest BCUT2D eigenvalue weighted by molar-refractivity contribution is 6.09. The Morgan fingerprint density at radius 1 is 1.26 bits per heavy atom. The largest absolute Gasteiger partial charge is 0.486 e. The van der Waals surface area contributed by atoms with E-state index in [4.69, 9.17) is 15.2 Å². The Balaban J connectivity index is 0.00000261. The molecule has 150 valence electrons. The number of carbonyl (C=O) groups is 2. The van der Waals surface area contributed by atoms with E-state index >= 15 is 0 Å². The van der Waals surface area contributed by atoms with Gasteiger partial charge in [-0.05, 0) is 31.4 Å². The number of fused-ring (bicyclic) bond motifs is 1. The maximum atomic E-state index is 12.7. The van der Waals surface area contributed by atoms with Gasteiger partial charge in [0.1, 0.15) is 19.1 Å². The lowest BCUT2D eigenvalue weighted by atomic mass is 9.94. The van der Waals surface area contributed by atoms with Crippen LogP contribution in [0.1, 0.15) is 33.1 Å². The van der Waals surface area contributed by atoms with E-state index in [2.05, 4.69) is 5.32 Å². The Morgan fingerprint density at radius 3 is 2.59 bits per heavy atom. The van der Waals surface area contributed by atoms with Gasteiger partial charge < -0.3 is 25.4 Å². The number of ether oxygens (including phenoxy) is 2. The van der Waals surface area contributed by atoms with Crippen LogP contribution < -0.4 is 25.4 Å². The summed E-state index contributed by atoms with van der Waals surface area (Å²) in [6.07, 6.45) is 2.03. The predicted octanol–water partition coefficient (Wildman–Crippen LogP) is 1.87. The van der Waals surface area contributed by atoms with Gasteiger partial charge in [-0.15, -0.1) is 12.4 Å². The van der Waals surface area contributed by atoms with Crippen molar-refractivity contribution in [3.63, 3.8) is 0 Å². The second-order valence-electron chi connectivity index (χ2n) is 6.95. The van der Waals surface area contributed by atoms with Crippen molar-refractivity contribution >= 4 is 29.9 Å². The van der Waals surface area contributed by atoms with Crippen LogP contribution in [0.2, 0.25) is 0 Å². The monoisotopic (exact) mass is 397 g/mol. The number of amides is 2. The van der Waals surface area contributed by atoms with Crippen molar-refractivity contribution in [3.8, 4) is 11.5 Å². The first kappa shape index (κ1) is 21.3. The van der Waals surface area contributed by atoms with Gasteiger partial charge in [0.2, 0.25) is 11.8 Å². The molecule has 1 unspecified atom stereocenters. The average Bonchev–Trinajstić information content (AvgIpc) is 3.07. The molecular weight excluding hydrogens is 370 g/mol. The zero-order valence-corrected chi connectivity index (χ0v) is 16.6. The molecule has 1 atom stereocenters. The summed E-state index contributed by atoms with van der Waals surface area (Å²) in [5, 5.41) is 2.86. The zero-order chi connectivity index (χ0) is 18.7. The highest BCUT2D eigenvalue weighted by Gasteiger charge is 2.38. The Kier molecular flexibility index (Phi) is 6.95. The Morgan fingerprint density at radius 2 is 1.93 bits per heavy atom. The summed E-state index contributed by atoms with van der Waals surface area (Å²) >= 11 is 0. The first-order valence-corrected chi connectivity index (χ1v) is 9.25. The molecule has 2 aliphatic heterocycles. The number of anilines is 1. The summed E-state index contributed by atoms with van der Waals surface area (Å²) in [4.78, 5) is 26.9. The Labute approximate surface area is 166 Å². The third-order valence-electron chi connectivity index (χ3n) is 5.38. The molecule has 1 fully saturated rings. The lowest BCUT2D eigenvalue weighted by molar-refractivity contribution is -0.132. The smallest absolute Gasteiger partial charge is 0.239 e. The van der Waals surface area contributed by atoms with Crippen molar-refractivity contribution in [3.05, 3.63) is 18.2 Å². The quantitative estimate of drug-likeness (QED) is 0.714. The first-order chi connectivity index (χ1) is 12.5. The third kappa shape index (κ3) is 4.47. The number of nitrogens with zero attached hydrogens (tertiary/aromatic N) is 1. The van der Waals surface area contributed by atoms with Crippen molar-refractivity contribution in [2.24, 2.45) is 11.7 Å². The van der Waals surface area contributed by atoms with Gasteiger partial charge >= 0.3 is 0 Å². The molecule has 7 nitrogen and oxygen atoms in total. The number of nitrogens with one attached hydrogen (secondary N) is 1. The first-order valence-electron chi connectivity index (χ1n) is 9.25. The van der Waals surface area contributed by atoms with Crippen LogP contribution in [0.15, 0.2) is 18.2 Å². The van der Waals surface area contributed by atoms with Gasteiger partial charge in [-0.25, -0.2) is 0 Å². The van der Waals surface area contributed by atoms with Crippen molar-refractivity contribution < 1.29 is 19.1 Å². The summed E-state index contributed by atoms with van der Waals surface area (Å²) in [5.41, 5.74) is 6.53. The van der Waals surface area contributed by atoms with Crippen molar-refractivity contribution in [1.29, 1.82) is 0 Å². The normalized spacial score (nSPS) is 18.9. The SMILES string of the molecule is CCC(N)(CC)CNC(=O)C1CCN(c2ccc3c(c2)OCCO3)C1=O.Cl. The molecule has 3 N–H and O–H groups in total. The van der Waals surface area contributed by atoms with Gasteiger partial charge in [-0.3, -0.25) is 9.59 Å². The van der Waals surface area contributed by atoms with Gasteiger partial charge in [0.25, 0.3) is 0 Å². The second-order valence-corrected chi connectivity index (χ2v) is 6.95. The molecule has 1 aromatic carbocycles. The van der Waals surface area contributed by atoms with Crippen LogP contribution in [0.25, 0.3) is 0 Å². The van der Waals surface area contributed by atoms with E-state index in [9.17, 15) is 9.59 Å². The topological polar surface area (TPSA) is 93.9 Å². The summed E-state index contributed by atoms with van der Waals surface area (Å²) < 4.78 is 11.1. The molecule has 0 spiro atoms. The second kappa shape index (κ2) is 8.80. The van der Waals surface area contributed by atoms with Gasteiger partial charge in [0, 0.05) is 30.4 Å². The fourth-order valence-corrected chi connectivity index (χ4v) is 3.27. The molecule has 0 aliphatic carbocycles. The Hall–Kier alpha value is -1.99. The standard InChI is InChI=1S/C19H27N3O4.ClH/c1-3-19(20,4-2)12-21-17(23)14-7-8-22(18(14)24)13-5-6-15-16(11-13)26-10-9-25-15;/h5-6,11,14H,3-4,7-10,12,20H2,1-2H3,(H,21,23);1H. The summed E-state index contributed by atoms with van der Waals surface area (Å²) in [5.74, 6) is 0.218. The van der Waals surface area contributed by atoms with Gasteiger partial charge in [-0.2, -0.15) is 0 Å². The predicted molar refractivity (Wildman–Crippen MR) is 106 cm³/mol. The van der Waals surface area contributed by atoms with E-state index in [1.165, 1.54) is 0 Å². The number of hydrogen-bond acceptors (Lipinski definition) is 5. The lowest BCUT2D eigenvalue weighted by Gasteiger charge is -2.27. The average molecular weight is 398 g/mol. The number of nitrogens with two attached hydrogens (primary N) is 1. The fourth-order valence-electron chi connectivity index (χ4n) is 3.27. The van der Waals surface area contributed by atoms with Gasteiger partial charge in [0.15, 0.2) is 11.5 Å². The number of halogens is 1. The third-order valence-corrected chi connectivity index (χ3v) is 5.38. The van der Waals surface area contributed by atoms with E-state index in [1.807, 2.05) is 19.9 Å². The summed E-state index contributed by atoms with van der Waals surface area (Å²) in [6.45, 7) is 5.90. The van der Waals surface area contributed by atoms with Gasteiger partial charge in [0.05, 0.1) is 0 Å². The van der Waals surface area contributed by atoms with Crippen LogP contribution in [0.4, 0.5) is 5.69 Å². The molecular formula is C19H28ClN3O4. The minimum Gasteiger partial charge on any atom is -0.486 e. The van der Waals surface area contributed by atoms with E-state index in [0.717, 1.165) is 18.5 Å². The number of carbonyl (C=O) groups excluding carboxylic acids is 2. The van der Waals surface area contributed by atoms with E-state index < -0.39 is 11.5 Å². The highest BCUT2D eigenvalue weighted by Crippen LogP contribution is 2.36. The molecule has 2 heterocycles. The molecule has 2 amide bonds. The van der Waals surface area contributed by atoms with E-state index in [1.54, 1.807) is 17.0 Å². The number of rotatable bonds is 6. The summed E-state index contributed by atoms with van der Waals surface area (Å²) in [6, 6.07) is 5.42. The Bertz CT molecular complexity index is 694. The maximum Gasteiger partial charge on any atom is 0.239 e. The van der Waals surface area contributed by atoms with Crippen LogP contribution >= 0.6 is 12.4 Å². The molecule has 0 saturated carbocycles. The number of benzene rings is 1. The minimum absolute atomic E-state index is 0. The van der Waals surface area contributed by atoms with Crippen LogP contribution in [-0.2, 0) is 9.59 Å². The molecule has 8 heteroatoms. The van der Waals surface area contributed by atoms with Crippen LogP contribution in [0.3, 0.4) is 0 Å². The minimum atomic E-state index is -0.666. The van der Waals surface area contributed by atoms with Crippen LogP contribution in [0.5, 0.6) is 11.5 Å². The molecule has 0 aromatic heterocycles. The lowest BCUT2D eigenvalue weighted by Crippen LogP contribution is -2.51. The molecule has 1 saturated heterocycles. The number of hydrogen-bond donors (Lipinski definition) is 2. The molecule has 2 aliphatic rings. The zero-order valence-electron chi connectivity index (χ0n) is 15.8. The van der Waals surface area contributed by atoms with Crippen molar-refractivity contribution in [2.45, 2.75) is 38.6 Å². The van der Waals surface area contributed by atoms with Gasteiger partial charge in [-0.1, -0.05) is 13.8 Å². The van der Waals surface area contributed by atoms with Crippen molar-refractivity contribution in [2.75, 3.05) is 31.2 Å². The maximum absolute atomic E-state index is 12.7. The molecule has 3 rings (SSSR count). The van der Waals surface area contributed by atoms with Crippen LogP contribution in [0, 0.1) is 5.92 Å². The van der Waals surface area contributed by atoms with E-state index in [-0.39, 0.29) is 24.2 Å². The molecule has 0 bridgehead atoms.